The van der Waals surface area contributed by atoms with Crippen molar-refractivity contribution in [2.75, 3.05) is 5.32 Å². The fourth-order valence-electron chi connectivity index (χ4n) is 2.81. The first-order valence-electron chi connectivity index (χ1n) is 9.08. The molecule has 4 aromatic rings. The molecular weight excluding hydrogens is 430 g/mol. The van der Waals surface area contributed by atoms with Crippen molar-refractivity contribution in [3.8, 4) is 0 Å². The largest absolute Gasteiger partial charge is 0.352 e. The fraction of sp³-hybridized carbons (Fsp3) is 0.100. The quantitative estimate of drug-likeness (QED) is 0.477. The molecule has 2 N–H and O–H groups in total. The molecule has 0 radical (unpaired) electrons. The zero-order valence-corrected chi connectivity index (χ0v) is 16.6. The van der Waals surface area contributed by atoms with Crippen LogP contribution < -0.4 is 16.3 Å². The number of hydrogen-bond acceptors (Lipinski definition) is 5. The van der Waals surface area contributed by atoms with Gasteiger partial charge in [-0.15, -0.1) is 5.10 Å². The van der Waals surface area contributed by atoms with Gasteiger partial charge in [-0.25, -0.2) is 22.7 Å². The van der Waals surface area contributed by atoms with Crippen molar-refractivity contribution in [1.29, 1.82) is 0 Å². The summed E-state index contributed by atoms with van der Waals surface area (Å²) in [6.45, 7) is -0.258. The zero-order chi connectivity index (χ0) is 22.0. The molecule has 0 unspecified atom stereocenters. The van der Waals surface area contributed by atoms with Gasteiger partial charge in [0.1, 0.15) is 24.0 Å². The summed E-state index contributed by atoms with van der Waals surface area (Å²) < 4.78 is 28.3. The van der Waals surface area contributed by atoms with E-state index in [2.05, 4.69) is 20.7 Å². The summed E-state index contributed by atoms with van der Waals surface area (Å²) >= 11 is 5.94. The summed E-state index contributed by atoms with van der Waals surface area (Å²) in [6, 6.07) is 11.1. The normalized spacial score (nSPS) is 10.9. The molecule has 2 aromatic heterocycles. The molecule has 0 aliphatic carbocycles. The number of amides is 1. The first-order chi connectivity index (χ1) is 14.9. The van der Waals surface area contributed by atoms with Crippen LogP contribution in [-0.2, 0) is 17.9 Å². The number of fused-ring (bicyclic) bond motifs is 1. The van der Waals surface area contributed by atoms with E-state index < -0.39 is 17.4 Å². The summed E-state index contributed by atoms with van der Waals surface area (Å²) in [4.78, 5) is 28.9. The molecule has 8 nitrogen and oxygen atoms in total. The van der Waals surface area contributed by atoms with Gasteiger partial charge in [-0.1, -0.05) is 17.7 Å². The van der Waals surface area contributed by atoms with Crippen LogP contribution >= 0.6 is 11.6 Å². The number of nitrogens with zero attached hydrogens (tertiary/aromatic N) is 4. The van der Waals surface area contributed by atoms with E-state index in [1.54, 1.807) is 18.2 Å². The maximum absolute atomic E-state index is 13.1. The predicted molar refractivity (Wildman–Crippen MR) is 110 cm³/mol. The van der Waals surface area contributed by atoms with E-state index in [0.717, 1.165) is 10.7 Å². The molecule has 2 heterocycles. The van der Waals surface area contributed by atoms with E-state index in [4.69, 9.17) is 11.6 Å². The molecule has 0 bridgehead atoms. The van der Waals surface area contributed by atoms with Gasteiger partial charge in [0.15, 0.2) is 0 Å². The highest BCUT2D eigenvalue weighted by atomic mass is 35.5. The molecule has 0 aliphatic heterocycles. The Bertz CT molecular complexity index is 1320. The third-order valence-corrected chi connectivity index (χ3v) is 4.71. The lowest BCUT2D eigenvalue weighted by Crippen LogP contribution is -2.32. The van der Waals surface area contributed by atoms with E-state index in [1.165, 1.54) is 34.9 Å². The molecule has 1 amide bonds. The molecule has 31 heavy (non-hydrogen) atoms. The Hall–Kier alpha value is -3.79. The van der Waals surface area contributed by atoms with Gasteiger partial charge in [-0.2, -0.15) is 4.98 Å². The number of rotatable bonds is 6. The lowest BCUT2D eigenvalue weighted by Gasteiger charge is -2.06. The Morgan fingerprint density at radius 3 is 2.55 bits per heavy atom. The van der Waals surface area contributed by atoms with E-state index in [9.17, 15) is 18.4 Å². The van der Waals surface area contributed by atoms with E-state index in [-0.39, 0.29) is 29.7 Å². The second kappa shape index (κ2) is 8.52. The van der Waals surface area contributed by atoms with Gasteiger partial charge >= 0.3 is 5.69 Å². The van der Waals surface area contributed by atoms with Crippen molar-refractivity contribution in [2.24, 2.45) is 0 Å². The molecule has 0 atom stereocenters. The van der Waals surface area contributed by atoms with E-state index in [0.29, 0.717) is 17.1 Å². The first kappa shape index (κ1) is 20.5. The monoisotopic (exact) mass is 444 g/mol. The summed E-state index contributed by atoms with van der Waals surface area (Å²) in [5.41, 5.74) is 0.613. The summed E-state index contributed by atoms with van der Waals surface area (Å²) in [5, 5.41) is 9.85. The Labute approximate surface area is 179 Å². The maximum Gasteiger partial charge on any atom is 0.352 e. The predicted octanol–water partition coefficient (Wildman–Crippen LogP) is 2.88. The minimum atomic E-state index is -0.536. The number of nitrogens with one attached hydrogen (secondary N) is 2. The molecule has 0 aliphatic rings. The second-order valence-corrected chi connectivity index (χ2v) is 6.97. The highest BCUT2D eigenvalue weighted by molar-refractivity contribution is 6.31. The smallest absolute Gasteiger partial charge is 0.350 e. The molecule has 11 heteroatoms. The SMILES string of the molecule is O=C(Cn1nc2nc(Nc3ccc(F)cc3)ccn2c1=O)NCc1ccc(F)cc1Cl. The van der Waals surface area contributed by atoms with Crippen molar-refractivity contribution in [2.45, 2.75) is 13.1 Å². The summed E-state index contributed by atoms with van der Waals surface area (Å²) in [6.07, 6.45) is 1.47. The molecule has 0 spiro atoms. The lowest BCUT2D eigenvalue weighted by atomic mass is 10.2. The van der Waals surface area contributed by atoms with Gasteiger partial charge in [0.25, 0.3) is 5.78 Å². The van der Waals surface area contributed by atoms with Crippen molar-refractivity contribution in [1.82, 2.24) is 24.5 Å². The molecule has 0 fully saturated rings. The van der Waals surface area contributed by atoms with Crippen LogP contribution in [0.25, 0.3) is 5.78 Å². The minimum Gasteiger partial charge on any atom is -0.350 e. The van der Waals surface area contributed by atoms with Crippen LogP contribution in [0.1, 0.15) is 5.56 Å². The van der Waals surface area contributed by atoms with E-state index in [1.807, 2.05) is 0 Å². The average molecular weight is 445 g/mol. The van der Waals surface area contributed by atoms with Gasteiger partial charge in [-0.3, -0.25) is 4.79 Å². The van der Waals surface area contributed by atoms with Gasteiger partial charge in [-0.05, 0) is 48.0 Å². The molecule has 4 rings (SSSR count). The summed E-state index contributed by atoms with van der Waals surface area (Å²) in [7, 11) is 0. The van der Waals surface area contributed by atoms with Crippen molar-refractivity contribution >= 4 is 34.8 Å². The number of benzene rings is 2. The number of aromatic nitrogens is 4. The zero-order valence-electron chi connectivity index (χ0n) is 15.8. The number of hydrogen-bond donors (Lipinski definition) is 2. The van der Waals surface area contributed by atoms with Crippen LogP contribution in [0.2, 0.25) is 5.02 Å². The van der Waals surface area contributed by atoms with Crippen molar-refractivity contribution < 1.29 is 13.6 Å². The fourth-order valence-corrected chi connectivity index (χ4v) is 3.04. The van der Waals surface area contributed by atoms with Gasteiger partial charge in [0.2, 0.25) is 5.91 Å². The van der Waals surface area contributed by atoms with Crippen LogP contribution in [0.3, 0.4) is 0 Å². The topological polar surface area (TPSA) is 93.3 Å². The Morgan fingerprint density at radius 2 is 1.81 bits per heavy atom. The molecule has 158 valence electrons. The average Bonchev–Trinajstić information content (AvgIpc) is 3.04. The Balaban J connectivity index is 1.46. The second-order valence-electron chi connectivity index (χ2n) is 6.57. The highest BCUT2D eigenvalue weighted by Crippen LogP contribution is 2.17. The van der Waals surface area contributed by atoms with Crippen molar-refractivity contribution in [3.05, 3.63) is 87.4 Å². The van der Waals surface area contributed by atoms with Gasteiger partial charge in [0.05, 0.1) is 0 Å². The Kier molecular flexibility index (Phi) is 5.63. The number of anilines is 2. The molecular formula is C20H15ClF2N6O2. The summed E-state index contributed by atoms with van der Waals surface area (Å²) in [5.74, 6) is -0.829. The third kappa shape index (κ3) is 4.69. The van der Waals surface area contributed by atoms with Crippen molar-refractivity contribution in [3.63, 3.8) is 0 Å². The van der Waals surface area contributed by atoms with Crippen LogP contribution in [0.15, 0.2) is 59.5 Å². The third-order valence-electron chi connectivity index (χ3n) is 4.36. The molecule has 0 saturated heterocycles. The molecule has 0 saturated carbocycles. The minimum absolute atomic E-state index is 0.0735. The van der Waals surface area contributed by atoms with Gasteiger partial charge in [0, 0.05) is 23.5 Å². The van der Waals surface area contributed by atoms with Crippen LogP contribution in [0.5, 0.6) is 0 Å². The maximum atomic E-state index is 13.1. The number of carbonyl (C=O) groups excluding carboxylic acids is 1. The Morgan fingerprint density at radius 1 is 1.06 bits per heavy atom. The molecule has 2 aromatic carbocycles. The van der Waals surface area contributed by atoms with E-state index >= 15 is 0 Å². The van der Waals surface area contributed by atoms with Crippen LogP contribution in [0, 0.1) is 11.6 Å². The van der Waals surface area contributed by atoms with Crippen LogP contribution in [-0.4, -0.2) is 25.1 Å². The lowest BCUT2D eigenvalue weighted by molar-refractivity contribution is -0.122. The van der Waals surface area contributed by atoms with Crippen LogP contribution in [0.4, 0.5) is 20.3 Å². The number of halogens is 3. The first-order valence-corrected chi connectivity index (χ1v) is 9.46. The standard InChI is InChI=1S/C20H15ClF2N6O2/c21-16-9-14(23)2-1-12(16)10-24-18(30)11-29-20(31)28-8-7-17(26-19(28)27-29)25-15-5-3-13(22)4-6-15/h1-9H,10-11H2,(H,24,30)(H,25,26,27). The van der Waals surface area contributed by atoms with Gasteiger partial charge < -0.3 is 10.6 Å². The number of carbonyl (C=O) groups is 1. The highest BCUT2D eigenvalue weighted by Gasteiger charge is 2.13.